The molecule has 1 N–H and O–H groups in total. The molecule has 0 aliphatic carbocycles. The second kappa shape index (κ2) is 6.31. The van der Waals surface area contributed by atoms with Gasteiger partial charge in [0.15, 0.2) is 0 Å². The monoisotopic (exact) mass is 268 g/mol. The molecule has 0 heterocycles. The van der Waals surface area contributed by atoms with E-state index in [-0.39, 0.29) is 17.9 Å². The van der Waals surface area contributed by atoms with Gasteiger partial charge in [0.05, 0.1) is 11.6 Å². The van der Waals surface area contributed by atoms with Gasteiger partial charge in [0.25, 0.3) is 0 Å². The quantitative estimate of drug-likeness (QED) is 0.905. The molecule has 1 unspecified atom stereocenters. The summed E-state index contributed by atoms with van der Waals surface area (Å²) in [7, 11) is 0. The van der Waals surface area contributed by atoms with E-state index < -0.39 is 0 Å². The number of hydrogen-bond acceptors (Lipinski definition) is 2. The van der Waals surface area contributed by atoms with Gasteiger partial charge in [0.2, 0.25) is 0 Å². The fourth-order valence-corrected chi connectivity index (χ4v) is 2.20. The topological polar surface area (TPSA) is 35.8 Å². The average molecular weight is 268 g/mol. The Morgan fingerprint density at radius 2 is 1.65 bits per heavy atom. The Morgan fingerprint density at radius 1 is 1.00 bits per heavy atom. The van der Waals surface area contributed by atoms with E-state index in [1.807, 2.05) is 25.1 Å². The summed E-state index contributed by atoms with van der Waals surface area (Å²) in [4.78, 5) is 0. The molecule has 0 spiro atoms. The summed E-state index contributed by atoms with van der Waals surface area (Å²) in [5, 5.41) is 12.4. The lowest BCUT2D eigenvalue weighted by molar-refractivity contribution is 0.494. The number of benzene rings is 2. The summed E-state index contributed by atoms with van der Waals surface area (Å²) in [6.07, 6.45) is 0. The highest BCUT2D eigenvalue weighted by atomic mass is 19.1. The first-order chi connectivity index (χ1) is 9.60. The third-order valence-electron chi connectivity index (χ3n) is 3.39. The Kier molecular flexibility index (Phi) is 4.49. The zero-order chi connectivity index (χ0) is 14.5. The molecule has 0 radical (unpaired) electrons. The molecule has 0 saturated carbocycles. The van der Waals surface area contributed by atoms with E-state index in [0.29, 0.717) is 5.56 Å². The molecule has 2 nitrogen and oxygen atoms in total. The fraction of sp³-hybridized carbons (Fsp3) is 0.235. The number of rotatable bonds is 4. The van der Waals surface area contributed by atoms with Crippen LogP contribution < -0.4 is 5.32 Å². The molecular weight excluding hydrogens is 251 g/mol. The van der Waals surface area contributed by atoms with E-state index in [1.165, 1.54) is 12.1 Å². The summed E-state index contributed by atoms with van der Waals surface area (Å²) >= 11 is 0. The third kappa shape index (κ3) is 3.43. The Balaban J connectivity index is 2.08. The highest BCUT2D eigenvalue weighted by molar-refractivity contribution is 5.34. The molecule has 0 saturated heterocycles. The highest BCUT2D eigenvalue weighted by Gasteiger charge is 2.11. The van der Waals surface area contributed by atoms with Crippen LogP contribution >= 0.6 is 0 Å². The Hall–Kier alpha value is -2.18. The van der Waals surface area contributed by atoms with E-state index in [2.05, 4.69) is 18.3 Å². The van der Waals surface area contributed by atoms with Gasteiger partial charge in [-0.25, -0.2) is 4.39 Å². The minimum atomic E-state index is -0.226. The number of nitrogens with zero attached hydrogens (tertiary/aromatic N) is 1. The van der Waals surface area contributed by atoms with Crippen molar-refractivity contribution in [3.05, 3.63) is 71.0 Å². The summed E-state index contributed by atoms with van der Waals surface area (Å²) in [6.45, 7) is 4.09. The first-order valence-electron chi connectivity index (χ1n) is 6.61. The van der Waals surface area contributed by atoms with Gasteiger partial charge >= 0.3 is 0 Å². The van der Waals surface area contributed by atoms with Crippen molar-refractivity contribution >= 4 is 0 Å². The standard InChI is InChI=1S/C17H17FN2/c1-12(15-6-8-17(18)9-7-15)20-13(2)16-5-3-4-14(10-16)11-19/h3-10,12-13,20H,1-2H3/t12-,13?/m0/s1. The molecule has 0 aliphatic heterocycles. The summed E-state index contributed by atoms with van der Waals surface area (Å²) in [5.74, 6) is -0.226. The smallest absolute Gasteiger partial charge is 0.123 e. The van der Waals surface area contributed by atoms with Gasteiger partial charge in [0, 0.05) is 12.1 Å². The summed E-state index contributed by atoms with van der Waals surface area (Å²) in [5.41, 5.74) is 2.76. The van der Waals surface area contributed by atoms with Crippen molar-refractivity contribution in [2.24, 2.45) is 0 Å². The Morgan fingerprint density at radius 3 is 2.30 bits per heavy atom. The van der Waals surface area contributed by atoms with Gasteiger partial charge in [-0.3, -0.25) is 0 Å². The van der Waals surface area contributed by atoms with Crippen molar-refractivity contribution in [2.45, 2.75) is 25.9 Å². The minimum absolute atomic E-state index is 0.108. The highest BCUT2D eigenvalue weighted by Crippen LogP contribution is 2.20. The zero-order valence-corrected chi connectivity index (χ0v) is 11.6. The van der Waals surface area contributed by atoms with E-state index in [1.54, 1.807) is 18.2 Å². The van der Waals surface area contributed by atoms with Crippen LogP contribution in [0.15, 0.2) is 48.5 Å². The molecule has 0 fully saturated rings. The van der Waals surface area contributed by atoms with Gasteiger partial charge < -0.3 is 5.32 Å². The lowest BCUT2D eigenvalue weighted by atomic mass is 10.0. The molecule has 2 aromatic carbocycles. The lowest BCUT2D eigenvalue weighted by Gasteiger charge is -2.21. The largest absolute Gasteiger partial charge is 0.304 e. The van der Waals surface area contributed by atoms with Crippen molar-refractivity contribution in [1.29, 1.82) is 5.26 Å². The van der Waals surface area contributed by atoms with Crippen molar-refractivity contribution in [3.8, 4) is 6.07 Å². The second-order valence-corrected chi connectivity index (χ2v) is 4.90. The molecule has 0 aromatic heterocycles. The van der Waals surface area contributed by atoms with Crippen LogP contribution in [0.25, 0.3) is 0 Å². The van der Waals surface area contributed by atoms with E-state index in [0.717, 1.165) is 11.1 Å². The third-order valence-corrected chi connectivity index (χ3v) is 3.39. The molecule has 2 atom stereocenters. The SMILES string of the molecule is CC(N[C@@H](C)c1ccc(F)cc1)c1cccc(C#N)c1. The minimum Gasteiger partial charge on any atom is -0.304 e. The van der Waals surface area contributed by atoms with Crippen LogP contribution in [0.3, 0.4) is 0 Å². The number of nitrogens with one attached hydrogen (secondary N) is 1. The van der Waals surface area contributed by atoms with Crippen LogP contribution in [-0.2, 0) is 0 Å². The van der Waals surface area contributed by atoms with Crippen LogP contribution in [0.1, 0.15) is 42.6 Å². The molecule has 0 bridgehead atoms. The predicted octanol–water partition coefficient (Wildman–Crippen LogP) is 4.11. The van der Waals surface area contributed by atoms with Crippen LogP contribution in [0, 0.1) is 17.1 Å². The zero-order valence-electron chi connectivity index (χ0n) is 11.6. The van der Waals surface area contributed by atoms with Crippen molar-refractivity contribution in [1.82, 2.24) is 5.32 Å². The Bertz CT molecular complexity index is 614. The van der Waals surface area contributed by atoms with Gasteiger partial charge in [-0.1, -0.05) is 24.3 Å². The predicted molar refractivity (Wildman–Crippen MR) is 77.5 cm³/mol. The van der Waals surface area contributed by atoms with Crippen LogP contribution in [0.5, 0.6) is 0 Å². The van der Waals surface area contributed by atoms with E-state index in [9.17, 15) is 4.39 Å². The molecule has 2 rings (SSSR count). The molecular formula is C17H17FN2. The molecule has 3 heteroatoms. The van der Waals surface area contributed by atoms with Crippen molar-refractivity contribution < 1.29 is 4.39 Å². The maximum absolute atomic E-state index is 12.9. The number of hydrogen-bond donors (Lipinski definition) is 1. The fourth-order valence-electron chi connectivity index (χ4n) is 2.20. The van der Waals surface area contributed by atoms with Gasteiger partial charge in [0.1, 0.15) is 5.82 Å². The maximum atomic E-state index is 12.9. The first-order valence-corrected chi connectivity index (χ1v) is 6.61. The van der Waals surface area contributed by atoms with E-state index >= 15 is 0 Å². The van der Waals surface area contributed by atoms with Crippen molar-refractivity contribution in [3.63, 3.8) is 0 Å². The van der Waals surface area contributed by atoms with Gasteiger partial charge in [-0.05, 0) is 49.2 Å². The molecule has 102 valence electrons. The Labute approximate surface area is 118 Å². The number of nitriles is 1. The average Bonchev–Trinajstić information content (AvgIpc) is 2.47. The molecule has 0 amide bonds. The second-order valence-electron chi connectivity index (χ2n) is 4.90. The normalized spacial score (nSPS) is 13.5. The first kappa shape index (κ1) is 14.2. The van der Waals surface area contributed by atoms with Crippen LogP contribution in [0.2, 0.25) is 0 Å². The lowest BCUT2D eigenvalue weighted by Crippen LogP contribution is -2.22. The van der Waals surface area contributed by atoms with Gasteiger partial charge in [-0.15, -0.1) is 0 Å². The summed E-state index contributed by atoms with van der Waals surface area (Å²) < 4.78 is 12.9. The van der Waals surface area contributed by atoms with Crippen LogP contribution in [-0.4, -0.2) is 0 Å². The summed E-state index contributed by atoms with van der Waals surface area (Å²) in [6, 6.07) is 16.4. The maximum Gasteiger partial charge on any atom is 0.123 e. The van der Waals surface area contributed by atoms with Crippen LogP contribution in [0.4, 0.5) is 4.39 Å². The van der Waals surface area contributed by atoms with E-state index in [4.69, 9.17) is 5.26 Å². The molecule has 20 heavy (non-hydrogen) atoms. The molecule has 2 aromatic rings. The van der Waals surface area contributed by atoms with Crippen molar-refractivity contribution in [2.75, 3.05) is 0 Å². The number of halogens is 1. The van der Waals surface area contributed by atoms with Gasteiger partial charge in [-0.2, -0.15) is 5.26 Å². The molecule has 0 aliphatic rings.